The lowest BCUT2D eigenvalue weighted by Crippen LogP contribution is -1.90. The van der Waals surface area contributed by atoms with E-state index < -0.39 is 0 Å². The zero-order chi connectivity index (χ0) is 10.3. The van der Waals surface area contributed by atoms with E-state index in [1.807, 2.05) is 0 Å². The maximum Gasteiger partial charge on any atom is 0.0920 e. The van der Waals surface area contributed by atoms with Gasteiger partial charge in [0.1, 0.15) is 0 Å². The van der Waals surface area contributed by atoms with Gasteiger partial charge in [-0.1, -0.05) is 34.8 Å². The van der Waals surface area contributed by atoms with Gasteiger partial charge in [0.15, 0.2) is 0 Å². The Bertz CT molecular complexity index is 464. The van der Waals surface area contributed by atoms with Crippen molar-refractivity contribution in [2.24, 2.45) is 0 Å². The van der Waals surface area contributed by atoms with Crippen LogP contribution in [-0.2, 0) is 0 Å². The average molecular weight is 248 g/mol. The molecule has 1 heterocycles. The van der Waals surface area contributed by atoms with Gasteiger partial charge in [0.05, 0.1) is 32.5 Å². The number of pyridine rings is 1. The molecule has 2 N–H and O–H groups in total. The van der Waals surface area contributed by atoms with Gasteiger partial charge < -0.3 is 5.73 Å². The second kappa shape index (κ2) is 3.46. The maximum atomic E-state index is 5.98. The maximum absolute atomic E-state index is 5.98. The number of anilines is 1. The number of rotatable bonds is 0. The lowest BCUT2D eigenvalue weighted by atomic mass is 10.2. The Morgan fingerprint density at radius 1 is 1.07 bits per heavy atom. The molecule has 1 aromatic heterocycles. The zero-order valence-electron chi connectivity index (χ0n) is 6.89. The molecule has 2 rings (SSSR count). The van der Waals surface area contributed by atoms with Gasteiger partial charge >= 0.3 is 0 Å². The number of halogens is 3. The molecule has 0 aliphatic carbocycles. The molecule has 14 heavy (non-hydrogen) atoms. The SMILES string of the molecule is Nc1cnc2c(Cl)c(Cl)ccc2c1Cl. The van der Waals surface area contributed by atoms with Gasteiger partial charge in [-0.15, -0.1) is 0 Å². The van der Waals surface area contributed by atoms with Crippen LogP contribution in [0.3, 0.4) is 0 Å². The molecule has 72 valence electrons. The lowest BCUT2D eigenvalue weighted by molar-refractivity contribution is 1.41. The first-order valence-corrected chi connectivity index (χ1v) is 4.92. The molecule has 2 aromatic rings. The summed E-state index contributed by atoms with van der Waals surface area (Å²) in [6, 6.07) is 3.41. The molecule has 1 aromatic carbocycles. The van der Waals surface area contributed by atoms with Gasteiger partial charge in [0.2, 0.25) is 0 Å². The second-order valence-electron chi connectivity index (χ2n) is 2.79. The molecule has 0 amide bonds. The van der Waals surface area contributed by atoms with Crippen molar-refractivity contribution in [3.05, 3.63) is 33.4 Å². The predicted octanol–water partition coefficient (Wildman–Crippen LogP) is 3.78. The van der Waals surface area contributed by atoms with E-state index in [2.05, 4.69) is 4.98 Å². The van der Waals surface area contributed by atoms with Gasteiger partial charge in [-0.05, 0) is 12.1 Å². The summed E-state index contributed by atoms with van der Waals surface area (Å²) >= 11 is 17.8. The highest BCUT2D eigenvalue weighted by Crippen LogP contribution is 2.34. The quantitative estimate of drug-likeness (QED) is 0.769. The third kappa shape index (κ3) is 1.40. The Morgan fingerprint density at radius 2 is 1.79 bits per heavy atom. The summed E-state index contributed by atoms with van der Waals surface area (Å²) in [7, 11) is 0. The summed E-state index contributed by atoms with van der Waals surface area (Å²) in [4.78, 5) is 4.08. The van der Waals surface area contributed by atoms with E-state index in [-0.39, 0.29) is 0 Å². The third-order valence-electron chi connectivity index (χ3n) is 1.89. The van der Waals surface area contributed by atoms with E-state index in [4.69, 9.17) is 40.5 Å². The summed E-state index contributed by atoms with van der Waals surface area (Å²) in [6.07, 6.45) is 1.47. The second-order valence-corrected chi connectivity index (χ2v) is 3.95. The van der Waals surface area contributed by atoms with Crippen LogP contribution in [0.25, 0.3) is 10.9 Å². The molecule has 0 unspecified atom stereocenters. The Kier molecular flexibility index (Phi) is 2.43. The highest BCUT2D eigenvalue weighted by molar-refractivity contribution is 6.46. The van der Waals surface area contributed by atoms with Crippen molar-refractivity contribution in [1.29, 1.82) is 0 Å². The van der Waals surface area contributed by atoms with Crippen LogP contribution in [-0.4, -0.2) is 4.98 Å². The zero-order valence-corrected chi connectivity index (χ0v) is 9.16. The van der Waals surface area contributed by atoms with E-state index in [9.17, 15) is 0 Å². The Morgan fingerprint density at radius 3 is 2.50 bits per heavy atom. The van der Waals surface area contributed by atoms with Crippen molar-refractivity contribution in [3.8, 4) is 0 Å². The first-order valence-electron chi connectivity index (χ1n) is 3.79. The standard InChI is InChI=1S/C9H5Cl3N2/c10-5-2-1-4-7(11)6(13)3-14-9(4)8(5)12/h1-3H,13H2. The van der Waals surface area contributed by atoms with Crippen molar-refractivity contribution in [2.45, 2.75) is 0 Å². The Hall–Kier alpha value is -0.700. The van der Waals surface area contributed by atoms with Crippen LogP contribution in [0.4, 0.5) is 5.69 Å². The fourth-order valence-corrected chi connectivity index (χ4v) is 1.76. The van der Waals surface area contributed by atoms with Crippen molar-refractivity contribution >= 4 is 51.4 Å². The summed E-state index contributed by atoms with van der Waals surface area (Å²) in [6.45, 7) is 0. The van der Waals surface area contributed by atoms with E-state index in [1.54, 1.807) is 12.1 Å². The van der Waals surface area contributed by atoms with Gasteiger partial charge in [0.25, 0.3) is 0 Å². The molecule has 0 radical (unpaired) electrons. The molecular formula is C9H5Cl3N2. The minimum atomic E-state index is 0.395. The number of nitrogens with two attached hydrogens (primary N) is 1. The normalized spacial score (nSPS) is 10.8. The summed E-state index contributed by atoms with van der Waals surface area (Å²) < 4.78 is 0. The van der Waals surface area contributed by atoms with E-state index in [1.165, 1.54) is 6.20 Å². The highest BCUT2D eigenvalue weighted by Gasteiger charge is 2.09. The van der Waals surface area contributed by atoms with E-state index in [0.717, 1.165) is 0 Å². The minimum absolute atomic E-state index is 0.395. The topological polar surface area (TPSA) is 38.9 Å². The summed E-state index contributed by atoms with van der Waals surface area (Å²) in [5, 5.41) is 2.01. The highest BCUT2D eigenvalue weighted by atomic mass is 35.5. The van der Waals surface area contributed by atoms with Crippen molar-refractivity contribution in [2.75, 3.05) is 5.73 Å². The average Bonchev–Trinajstić information content (AvgIpc) is 2.17. The van der Waals surface area contributed by atoms with Gasteiger partial charge in [-0.2, -0.15) is 0 Å². The number of hydrogen-bond donors (Lipinski definition) is 1. The monoisotopic (exact) mass is 246 g/mol. The Balaban J connectivity index is 2.94. The van der Waals surface area contributed by atoms with Gasteiger partial charge in [0, 0.05) is 5.39 Å². The van der Waals surface area contributed by atoms with Crippen LogP contribution < -0.4 is 5.73 Å². The van der Waals surface area contributed by atoms with Gasteiger partial charge in [-0.25, -0.2) is 0 Å². The van der Waals surface area contributed by atoms with Crippen molar-refractivity contribution in [1.82, 2.24) is 4.98 Å². The van der Waals surface area contributed by atoms with Gasteiger partial charge in [-0.3, -0.25) is 4.98 Å². The minimum Gasteiger partial charge on any atom is -0.396 e. The van der Waals surface area contributed by atoms with Crippen LogP contribution in [0.2, 0.25) is 15.1 Å². The molecular weight excluding hydrogens is 242 g/mol. The predicted molar refractivity (Wildman–Crippen MR) is 61.2 cm³/mol. The largest absolute Gasteiger partial charge is 0.396 e. The summed E-state index contributed by atoms with van der Waals surface area (Å²) in [5.41, 5.74) is 6.60. The number of nitrogens with zero attached hydrogens (tertiary/aromatic N) is 1. The lowest BCUT2D eigenvalue weighted by Gasteiger charge is -2.05. The molecule has 0 atom stereocenters. The molecule has 5 heteroatoms. The first kappa shape index (κ1) is 9.84. The molecule has 0 bridgehead atoms. The van der Waals surface area contributed by atoms with Crippen LogP contribution in [0, 0.1) is 0 Å². The van der Waals surface area contributed by atoms with Crippen LogP contribution in [0.5, 0.6) is 0 Å². The molecule has 0 saturated carbocycles. The molecule has 0 aliphatic rings. The fraction of sp³-hybridized carbons (Fsp3) is 0. The number of nitrogen functional groups attached to an aromatic ring is 1. The molecule has 0 fully saturated rings. The van der Waals surface area contributed by atoms with E-state index >= 15 is 0 Å². The Labute approximate surface area is 95.6 Å². The number of hydrogen-bond acceptors (Lipinski definition) is 2. The number of fused-ring (bicyclic) bond motifs is 1. The number of benzene rings is 1. The van der Waals surface area contributed by atoms with Crippen LogP contribution in [0.15, 0.2) is 18.3 Å². The van der Waals surface area contributed by atoms with E-state index in [0.29, 0.717) is 31.7 Å². The molecule has 0 spiro atoms. The van der Waals surface area contributed by atoms with Crippen LogP contribution >= 0.6 is 34.8 Å². The van der Waals surface area contributed by atoms with Crippen molar-refractivity contribution < 1.29 is 0 Å². The van der Waals surface area contributed by atoms with Crippen molar-refractivity contribution in [3.63, 3.8) is 0 Å². The number of aromatic nitrogens is 1. The smallest absolute Gasteiger partial charge is 0.0920 e. The molecule has 0 saturated heterocycles. The van der Waals surface area contributed by atoms with Crippen LogP contribution in [0.1, 0.15) is 0 Å². The third-order valence-corrected chi connectivity index (χ3v) is 3.11. The molecule has 0 aliphatic heterocycles. The molecule has 2 nitrogen and oxygen atoms in total. The fourth-order valence-electron chi connectivity index (χ4n) is 1.19. The first-order chi connectivity index (χ1) is 6.61. The summed E-state index contributed by atoms with van der Waals surface area (Å²) in [5.74, 6) is 0.